The van der Waals surface area contributed by atoms with E-state index >= 15 is 0 Å². The Hall–Kier alpha value is 0.0500. The Kier molecular flexibility index (Phi) is 12.1. The van der Waals surface area contributed by atoms with Crippen LogP contribution in [0.25, 0.3) is 0 Å². The van der Waals surface area contributed by atoms with Gasteiger partial charge in [0.15, 0.2) is 0 Å². The predicted octanol–water partition coefficient (Wildman–Crippen LogP) is 1.80. The molecule has 18 heavy (non-hydrogen) atoms. The topological polar surface area (TPSA) is 0 Å². The van der Waals surface area contributed by atoms with Gasteiger partial charge in [0.2, 0.25) is 0 Å². The third kappa shape index (κ3) is 9.04. The third-order valence-corrected chi connectivity index (χ3v) is 4.91. The van der Waals surface area contributed by atoms with Crippen LogP contribution in [-0.2, 0) is 16.6 Å². The molecular formula is C16H27BrS. The maximum absolute atomic E-state index is 2.42. The van der Waals surface area contributed by atoms with Gasteiger partial charge < -0.3 is 17.0 Å². The lowest BCUT2D eigenvalue weighted by atomic mass is 10.1. The zero-order valence-electron chi connectivity index (χ0n) is 11.8. The molecule has 1 rings (SSSR count). The predicted molar refractivity (Wildman–Crippen MR) is 81.7 cm³/mol. The third-order valence-electron chi connectivity index (χ3n) is 3.10. The van der Waals surface area contributed by atoms with Crippen molar-refractivity contribution in [3.05, 3.63) is 35.9 Å². The van der Waals surface area contributed by atoms with Crippen molar-refractivity contribution < 1.29 is 17.0 Å². The molecule has 1 aromatic rings. The lowest BCUT2D eigenvalue weighted by Crippen LogP contribution is -3.00. The second-order valence-electron chi connectivity index (χ2n) is 4.88. The lowest BCUT2D eigenvalue weighted by Gasteiger charge is -2.04. The fraction of sp³-hybridized carbons (Fsp3) is 0.625. The molecule has 0 amide bonds. The second-order valence-corrected chi connectivity index (χ2v) is 7.14. The summed E-state index contributed by atoms with van der Waals surface area (Å²) in [5.74, 6) is 2.69. The van der Waals surface area contributed by atoms with E-state index in [2.05, 4.69) is 43.5 Å². The van der Waals surface area contributed by atoms with Gasteiger partial charge in [-0.05, 0) is 23.7 Å². The molecule has 0 saturated carbocycles. The number of halogens is 1. The highest BCUT2D eigenvalue weighted by Crippen LogP contribution is 2.10. The summed E-state index contributed by atoms with van der Waals surface area (Å²) in [5, 5.41) is 0. The van der Waals surface area contributed by atoms with Crippen LogP contribution in [0.2, 0.25) is 0 Å². The van der Waals surface area contributed by atoms with Gasteiger partial charge in [0, 0.05) is 5.56 Å². The quantitative estimate of drug-likeness (QED) is 0.478. The Morgan fingerprint density at radius 2 is 1.50 bits per heavy atom. The summed E-state index contributed by atoms with van der Waals surface area (Å²) in [5.41, 5.74) is 1.50. The number of benzene rings is 1. The van der Waals surface area contributed by atoms with Crippen LogP contribution in [0.3, 0.4) is 0 Å². The Morgan fingerprint density at radius 3 is 2.17 bits per heavy atom. The molecule has 1 atom stereocenters. The molecule has 0 bridgehead atoms. The van der Waals surface area contributed by atoms with Crippen LogP contribution in [-0.4, -0.2) is 12.0 Å². The van der Waals surface area contributed by atoms with E-state index in [1.54, 1.807) is 0 Å². The minimum Gasteiger partial charge on any atom is -1.00 e. The van der Waals surface area contributed by atoms with E-state index in [9.17, 15) is 0 Å². The van der Waals surface area contributed by atoms with Crippen molar-refractivity contribution in [2.75, 3.05) is 12.0 Å². The first-order chi connectivity index (χ1) is 8.33. The van der Waals surface area contributed by atoms with Gasteiger partial charge in [0.25, 0.3) is 0 Å². The van der Waals surface area contributed by atoms with Gasteiger partial charge in [-0.15, -0.1) is 0 Å². The molecule has 1 unspecified atom stereocenters. The fourth-order valence-corrected chi connectivity index (χ4v) is 3.66. The van der Waals surface area contributed by atoms with Crippen LogP contribution >= 0.6 is 0 Å². The van der Waals surface area contributed by atoms with E-state index in [-0.39, 0.29) is 17.0 Å². The van der Waals surface area contributed by atoms with Crippen molar-refractivity contribution in [2.45, 2.75) is 51.2 Å². The Morgan fingerprint density at radius 1 is 0.889 bits per heavy atom. The molecule has 0 spiro atoms. The van der Waals surface area contributed by atoms with Crippen LogP contribution in [0, 0.1) is 0 Å². The standard InChI is InChI=1S/C16H27S.BrH/c1-3-4-5-6-7-11-14-17(2)15-16-12-9-8-10-13-16;/h8-10,12-13H,3-7,11,14-15H2,1-2H3;1H/q+1;/p-1. The van der Waals surface area contributed by atoms with E-state index in [4.69, 9.17) is 0 Å². The number of unbranched alkanes of at least 4 members (excludes halogenated alkanes) is 5. The molecule has 0 aliphatic carbocycles. The molecule has 1 aromatic carbocycles. The zero-order chi connectivity index (χ0) is 12.3. The fourth-order valence-electron chi connectivity index (χ4n) is 2.06. The second kappa shape index (κ2) is 12.1. The van der Waals surface area contributed by atoms with Crippen LogP contribution in [0.5, 0.6) is 0 Å². The molecule has 0 N–H and O–H groups in total. The lowest BCUT2D eigenvalue weighted by molar-refractivity contribution is -0.00000375. The summed E-state index contributed by atoms with van der Waals surface area (Å²) in [6, 6.07) is 10.9. The van der Waals surface area contributed by atoms with Gasteiger partial charge in [0.05, 0.1) is 6.26 Å². The van der Waals surface area contributed by atoms with Gasteiger partial charge in [-0.25, -0.2) is 0 Å². The number of hydrogen-bond donors (Lipinski definition) is 0. The summed E-state index contributed by atoms with van der Waals surface area (Å²) >= 11 is 0. The van der Waals surface area contributed by atoms with Crippen molar-refractivity contribution in [1.82, 2.24) is 0 Å². The maximum Gasteiger partial charge on any atom is 0.132 e. The summed E-state index contributed by atoms with van der Waals surface area (Å²) in [6.45, 7) is 2.28. The van der Waals surface area contributed by atoms with Crippen LogP contribution in [0.4, 0.5) is 0 Å². The summed E-state index contributed by atoms with van der Waals surface area (Å²) in [4.78, 5) is 0. The number of hydrogen-bond acceptors (Lipinski definition) is 0. The first-order valence-corrected chi connectivity index (χ1v) is 8.93. The minimum atomic E-state index is 0. The average Bonchev–Trinajstić information content (AvgIpc) is 2.35. The molecule has 0 radical (unpaired) electrons. The van der Waals surface area contributed by atoms with Gasteiger partial charge >= 0.3 is 0 Å². The van der Waals surface area contributed by atoms with Crippen molar-refractivity contribution in [2.24, 2.45) is 0 Å². The molecule has 0 aromatic heterocycles. The molecule has 0 aliphatic heterocycles. The molecule has 2 heteroatoms. The molecule has 0 heterocycles. The molecule has 0 fully saturated rings. The highest BCUT2D eigenvalue weighted by atomic mass is 79.9. The first kappa shape index (κ1) is 18.0. The van der Waals surface area contributed by atoms with E-state index in [0.29, 0.717) is 10.9 Å². The largest absolute Gasteiger partial charge is 1.00 e. The van der Waals surface area contributed by atoms with E-state index in [1.165, 1.54) is 55.6 Å². The van der Waals surface area contributed by atoms with Crippen molar-refractivity contribution >= 4 is 10.9 Å². The van der Waals surface area contributed by atoms with Crippen molar-refractivity contribution in [3.8, 4) is 0 Å². The molecule has 0 saturated heterocycles. The maximum atomic E-state index is 2.42. The Balaban J connectivity index is 0.00000289. The van der Waals surface area contributed by atoms with Gasteiger partial charge in [0.1, 0.15) is 11.5 Å². The molecular weight excluding hydrogens is 304 g/mol. The molecule has 104 valence electrons. The van der Waals surface area contributed by atoms with Gasteiger partial charge in [-0.2, -0.15) is 0 Å². The van der Waals surface area contributed by atoms with Crippen molar-refractivity contribution in [1.29, 1.82) is 0 Å². The van der Waals surface area contributed by atoms with Gasteiger partial charge in [-0.3, -0.25) is 0 Å². The van der Waals surface area contributed by atoms with Crippen molar-refractivity contribution in [3.63, 3.8) is 0 Å². The smallest absolute Gasteiger partial charge is 0.132 e. The van der Waals surface area contributed by atoms with Gasteiger partial charge in [-0.1, -0.05) is 62.9 Å². The first-order valence-electron chi connectivity index (χ1n) is 6.96. The number of rotatable bonds is 9. The SMILES string of the molecule is CCCCCCCC[S+](C)Cc1ccccc1.[Br-]. The highest BCUT2D eigenvalue weighted by molar-refractivity contribution is 7.95. The van der Waals surface area contributed by atoms with Crippen LogP contribution < -0.4 is 17.0 Å². The Labute approximate surface area is 127 Å². The summed E-state index contributed by atoms with van der Waals surface area (Å²) < 4.78 is 0. The van der Waals surface area contributed by atoms with E-state index < -0.39 is 0 Å². The summed E-state index contributed by atoms with van der Waals surface area (Å²) in [7, 11) is 0.572. The van der Waals surface area contributed by atoms with E-state index in [1.807, 2.05) is 0 Å². The van der Waals surface area contributed by atoms with E-state index in [0.717, 1.165) is 0 Å². The zero-order valence-corrected chi connectivity index (χ0v) is 14.2. The average molecular weight is 331 g/mol. The highest BCUT2D eigenvalue weighted by Gasteiger charge is 2.10. The molecule has 0 aliphatic rings. The van der Waals surface area contributed by atoms with Crippen LogP contribution in [0.1, 0.15) is 51.0 Å². The molecule has 0 nitrogen and oxygen atoms in total. The minimum absolute atomic E-state index is 0. The monoisotopic (exact) mass is 330 g/mol. The Bertz CT molecular complexity index is 274. The summed E-state index contributed by atoms with van der Waals surface area (Å²) in [6.07, 6.45) is 10.9. The normalized spacial score (nSPS) is 11.9. The van der Waals surface area contributed by atoms with Crippen LogP contribution in [0.15, 0.2) is 30.3 Å².